The van der Waals surface area contributed by atoms with Crippen LogP contribution in [0.25, 0.3) is 10.9 Å². The molecule has 8 amide bonds. The summed E-state index contributed by atoms with van der Waals surface area (Å²) < 4.78 is 38.5. The molecule has 1 aliphatic heterocycles. The molecule has 0 saturated carbocycles. The third-order valence-electron chi connectivity index (χ3n) is 15.3. The lowest BCUT2D eigenvalue weighted by atomic mass is 10.0. The number of carbonyl (C=O) groups is 8. The summed E-state index contributed by atoms with van der Waals surface area (Å²) in [7, 11) is 1.97. The highest BCUT2D eigenvalue weighted by molar-refractivity contribution is 8.76. The lowest BCUT2D eigenvalue weighted by Crippen LogP contribution is -2.62. The van der Waals surface area contributed by atoms with Crippen LogP contribution in [0.3, 0.4) is 0 Å². The maximum absolute atomic E-state index is 15.1. The molecule has 538 valence electrons. The summed E-state index contributed by atoms with van der Waals surface area (Å²) in [6.45, 7) is 9.45. The smallest absolute Gasteiger partial charge is 0.245 e. The van der Waals surface area contributed by atoms with E-state index >= 15 is 9.59 Å². The lowest BCUT2D eigenvalue weighted by Gasteiger charge is -2.29. The lowest BCUT2D eigenvalue weighted by molar-refractivity contribution is -0.136. The molecular formula is C67H100N10O18S2. The first-order chi connectivity index (χ1) is 47.0. The fraction of sp³-hybridized carbons (Fsp3) is 0.582. The van der Waals surface area contributed by atoms with Crippen LogP contribution in [0.2, 0.25) is 0 Å². The van der Waals surface area contributed by atoms with Crippen molar-refractivity contribution in [2.75, 3.05) is 117 Å². The molecule has 5 rings (SSSR count). The van der Waals surface area contributed by atoms with Crippen LogP contribution in [0.1, 0.15) is 69.6 Å². The Balaban J connectivity index is 1.37. The van der Waals surface area contributed by atoms with Gasteiger partial charge in [0.2, 0.25) is 47.3 Å². The summed E-state index contributed by atoms with van der Waals surface area (Å²) in [4.78, 5) is 120. The van der Waals surface area contributed by atoms with Crippen molar-refractivity contribution in [2.45, 2.75) is 133 Å². The van der Waals surface area contributed by atoms with Gasteiger partial charge in [0, 0.05) is 60.9 Å². The number of unbranched alkanes of at least 4 members (excludes halogenated alkanes) is 2. The first-order valence-corrected chi connectivity index (χ1v) is 35.5. The van der Waals surface area contributed by atoms with Gasteiger partial charge in [0.05, 0.1) is 111 Å². The van der Waals surface area contributed by atoms with Gasteiger partial charge in [-0.15, -0.1) is 0 Å². The van der Waals surface area contributed by atoms with Gasteiger partial charge in [-0.2, -0.15) is 0 Å². The fourth-order valence-corrected chi connectivity index (χ4v) is 12.2. The summed E-state index contributed by atoms with van der Waals surface area (Å²) >= 11 is 0. The van der Waals surface area contributed by atoms with Gasteiger partial charge < -0.3 is 102 Å². The predicted octanol–water partition coefficient (Wildman–Crippen LogP) is 0.268. The zero-order valence-corrected chi connectivity index (χ0v) is 57.3. The van der Waals surface area contributed by atoms with E-state index in [1.165, 1.54) is 13.8 Å². The molecule has 0 radical (unpaired) electrons. The summed E-state index contributed by atoms with van der Waals surface area (Å²) in [6.07, 6.45) is 0.0401. The second-order valence-corrected chi connectivity index (χ2v) is 25.5. The monoisotopic (exact) mass is 1400 g/mol. The maximum Gasteiger partial charge on any atom is 0.245 e. The van der Waals surface area contributed by atoms with Gasteiger partial charge in [-0.1, -0.05) is 113 Å². The number of nitrogens with one attached hydrogen (secondary N) is 9. The van der Waals surface area contributed by atoms with Crippen molar-refractivity contribution >= 4 is 79.7 Å². The average Bonchev–Trinajstić information content (AvgIpc) is 1.75. The molecule has 1 aromatic heterocycles. The van der Waals surface area contributed by atoms with Crippen LogP contribution in [-0.2, 0) is 90.8 Å². The third kappa shape index (κ3) is 31.3. The minimum Gasteiger partial charge on any atom is -0.394 e. The number of amides is 8. The number of carbonyl (C=O) groups excluding carboxylic acids is 8. The van der Waals surface area contributed by atoms with Crippen LogP contribution in [-0.4, -0.2) is 245 Å². The molecule has 28 nitrogen and oxygen atoms in total. The number of ether oxygens (including phenoxy) is 7. The second kappa shape index (κ2) is 47.3. The average molecular weight is 1400 g/mol. The van der Waals surface area contributed by atoms with E-state index in [9.17, 15) is 44.1 Å². The Morgan fingerprint density at radius 2 is 1.11 bits per heavy atom. The molecule has 0 unspecified atom stereocenters. The van der Waals surface area contributed by atoms with E-state index in [1.54, 1.807) is 66.9 Å². The Hall–Kier alpha value is -6.78. The number of fused-ring (bicyclic) bond motifs is 1. The van der Waals surface area contributed by atoms with Crippen LogP contribution in [0, 0.1) is 0 Å². The first kappa shape index (κ1) is 80.9. The number of H-pyrrole nitrogens is 1. The number of rotatable bonds is 41. The van der Waals surface area contributed by atoms with Crippen LogP contribution in [0.15, 0.2) is 91.1 Å². The number of benzene rings is 3. The Bertz CT molecular complexity index is 2960. The van der Waals surface area contributed by atoms with Gasteiger partial charge in [-0.05, 0) is 62.9 Å². The van der Waals surface area contributed by atoms with Crippen molar-refractivity contribution < 1.29 is 86.8 Å². The number of nitrogens with two attached hydrogens (primary N) is 1. The second-order valence-electron chi connectivity index (χ2n) is 23.0. The van der Waals surface area contributed by atoms with E-state index in [0.717, 1.165) is 32.5 Å². The summed E-state index contributed by atoms with van der Waals surface area (Å²) in [5.74, 6) is -7.06. The van der Waals surface area contributed by atoms with Crippen molar-refractivity contribution in [3.8, 4) is 0 Å². The zero-order valence-electron chi connectivity index (χ0n) is 55.7. The Morgan fingerprint density at radius 1 is 0.588 bits per heavy atom. The number of aliphatic hydroxyl groups is 3. The molecule has 97 heavy (non-hydrogen) atoms. The highest BCUT2D eigenvalue weighted by Gasteiger charge is 2.37. The van der Waals surface area contributed by atoms with Crippen LogP contribution in [0.4, 0.5) is 0 Å². The van der Waals surface area contributed by atoms with E-state index in [4.69, 9.17) is 38.9 Å². The van der Waals surface area contributed by atoms with Crippen molar-refractivity contribution in [2.24, 2.45) is 5.73 Å². The molecule has 4 aromatic rings. The van der Waals surface area contributed by atoms with Gasteiger partial charge in [0.25, 0.3) is 0 Å². The van der Waals surface area contributed by atoms with Gasteiger partial charge in [0.15, 0.2) is 0 Å². The minimum absolute atomic E-state index is 0.0168. The van der Waals surface area contributed by atoms with Crippen LogP contribution < -0.4 is 48.3 Å². The maximum atomic E-state index is 15.1. The Morgan fingerprint density at radius 3 is 1.69 bits per heavy atom. The van der Waals surface area contributed by atoms with Crippen molar-refractivity contribution in [3.63, 3.8) is 0 Å². The first-order valence-electron chi connectivity index (χ1n) is 33.0. The van der Waals surface area contributed by atoms with E-state index in [0.29, 0.717) is 115 Å². The molecule has 2 heterocycles. The molecule has 30 heteroatoms. The van der Waals surface area contributed by atoms with E-state index in [-0.39, 0.29) is 63.4 Å². The fourth-order valence-electron chi connectivity index (χ4n) is 9.89. The largest absolute Gasteiger partial charge is 0.394 e. The molecule has 1 saturated heterocycles. The molecule has 0 spiro atoms. The Labute approximate surface area is 574 Å². The number of aliphatic hydroxyl groups excluding tert-OH is 3. The highest BCUT2D eigenvalue weighted by Crippen LogP contribution is 2.25. The van der Waals surface area contributed by atoms with E-state index in [1.807, 2.05) is 31.2 Å². The normalized spacial score (nSPS) is 19.8. The molecule has 0 aliphatic carbocycles. The molecule has 3 aromatic carbocycles. The molecule has 0 bridgehead atoms. The van der Waals surface area contributed by atoms with Crippen molar-refractivity contribution in [1.82, 2.24) is 47.5 Å². The topological polar surface area (TPSA) is 400 Å². The molecule has 14 N–H and O–H groups in total. The van der Waals surface area contributed by atoms with Gasteiger partial charge in [0.1, 0.15) is 42.3 Å². The number of aromatic amines is 1. The summed E-state index contributed by atoms with van der Waals surface area (Å²) in [6, 6.07) is 13.7. The summed E-state index contributed by atoms with van der Waals surface area (Å²) in [5.41, 5.74) is 8.44. The molecule has 1 fully saturated rings. The summed E-state index contributed by atoms with van der Waals surface area (Å²) in [5, 5.41) is 54.1. The number of hydrogen-bond donors (Lipinski definition) is 13. The van der Waals surface area contributed by atoms with Crippen LogP contribution >= 0.6 is 21.6 Å². The van der Waals surface area contributed by atoms with Crippen LogP contribution in [0.5, 0.6) is 0 Å². The molecule has 10 atom stereocenters. The van der Waals surface area contributed by atoms with E-state index < -0.39 is 114 Å². The number of para-hydroxylation sites is 1. The SMILES string of the molecule is CCOCCOCCOCCOCCOCCOCCOCCC(=O)N[C@H](Cc1ccccc1)C(=O)N[C@H]1CSSC[C@@H](C(=O)N[C@H](CO)[C@@H](C)O)NC(=O)[C@H]([C@@H](C)O)NC(=O)[C@H](CCCCCN)NC(=O)[C@@H](Cc2c[nH]c3ccccc23)NC(=O)[C@H](Cc2ccccc2)NC1=O. The van der Waals surface area contributed by atoms with Gasteiger partial charge in [-0.3, -0.25) is 38.4 Å². The highest BCUT2D eigenvalue weighted by atomic mass is 33.1. The molecule has 1 aliphatic rings. The number of aromatic nitrogens is 1. The number of hydrogen-bond acceptors (Lipinski definition) is 21. The van der Waals surface area contributed by atoms with Crippen molar-refractivity contribution in [3.05, 3.63) is 108 Å². The standard InChI is InChI=1S/C67H100N10O18S2/c1-4-89-26-27-91-30-31-93-34-35-95-37-36-94-33-32-92-29-28-90-25-23-59(81)70-53(38-47-16-8-5-9-17-47)62(83)75-57-43-96-97-44-58(66(87)74-56(42-78)45(2)79)76-67(88)60(46(3)80)77-61(82)52(22-12-7-15-24-68)71-64(85)55(40-49-41-69-51-21-14-13-20-50(49)51)73-63(84)54(72-65(57)86)39-48-18-10-6-11-19-48/h5-6,8-11,13-14,16-21,41,45-46,52-58,60,69,78-80H,4,7,12,15,22-40,42-44,68H2,1-3H3,(H,70,81)(H,71,85)(H,72,86)(H,73,84)(H,74,87)(H,75,83)(H,76,88)(H,77,82)/t45-,46-,52+,53-,54+,55-,56-,57+,58+,60+/m1/s1. The third-order valence-corrected chi connectivity index (χ3v) is 17.7. The predicted molar refractivity (Wildman–Crippen MR) is 367 cm³/mol. The van der Waals surface area contributed by atoms with Crippen molar-refractivity contribution in [1.29, 1.82) is 0 Å². The van der Waals surface area contributed by atoms with Gasteiger partial charge in [-0.25, -0.2) is 0 Å². The van der Waals surface area contributed by atoms with E-state index in [2.05, 4.69) is 47.5 Å². The Kier molecular flexibility index (Phi) is 39.4. The quantitative estimate of drug-likeness (QED) is 0.0209. The zero-order chi connectivity index (χ0) is 70.0. The molecular weight excluding hydrogens is 1300 g/mol. The minimum atomic E-state index is -1.71. The van der Waals surface area contributed by atoms with Gasteiger partial charge >= 0.3 is 0 Å².